The molecular formula is C11H26NO2PS+2. The first-order valence-corrected chi connectivity index (χ1v) is 9.02. The van der Waals surface area contributed by atoms with Crippen LogP contribution in [0.4, 0.5) is 0 Å². The molecule has 0 aromatic heterocycles. The van der Waals surface area contributed by atoms with Gasteiger partial charge < -0.3 is 0 Å². The second-order valence-electron chi connectivity index (χ2n) is 4.37. The average Bonchev–Trinajstić information content (AvgIpc) is 2.14. The molecule has 0 aliphatic carbocycles. The zero-order valence-electron chi connectivity index (χ0n) is 11.4. The van der Waals surface area contributed by atoms with Gasteiger partial charge in [-0.2, -0.15) is 0 Å². The highest BCUT2D eigenvalue weighted by Gasteiger charge is 2.30. The summed E-state index contributed by atoms with van der Waals surface area (Å²) in [5, 5.41) is 0. The minimum Gasteiger partial charge on any atom is -0.294 e. The van der Waals surface area contributed by atoms with E-state index >= 15 is 0 Å². The summed E-state index contributed by atoms with van der Waals surface area (Å²) < 4.78 is 16.5. The van der Waals surface area contributed by atoms with Gasteiger partial charge in [0.05, 0.1) is 3.97 Å². The van der Waals surface area contributed by atoms with E-state index in [9.17, 15) is 4.57 Å². The maximum atomic E-state index is 11.0. The monoisotopic (exact) mass is 267 g/mol. The number of nitrogens with zero attached hydrogens (tertiary/aromatic N) is 1. The molecule has 2 unspecified atom stereocenters. The molecule has 0 saturated carbocycles. The van der Waals surface area contributed by atoms with E-state index in [1.165, 1.54) is 0 Å². The third-order valence-corrected chi connectivity index (χ3v) is 5.40. The summed E-state index contributed by atoms with van der Waals surface area (Å²) >= 11 is -0.141. The van der Waals surface area contributed by atoms with E-state index in [1.807, 2.05) is 0 Å². The zero-order valence-corrected chi connectivity index (χ0v) is 13.1. The van der Waals surface area contributed by atoms with E-state index in [0.29, 0.717) is 12.1 Å². The van der Waals surface area contributed by atoms with Crippen LogP contribution in [0, 0.1) is 0 Å². The van der Waals surface area contributed by atoms with E-state index in [0.717, 1.165) is 18.1 Å². The molecule has 0 rings (SSSR count). The van der Waals surface area contributed by atoms with Crippen LogP contribution < -0.4 is 0 Å². The highest BCUT2D eigenvalue weighted by atomic mass is 32.2. The molecule has 0 aromatic carbocycles. The van der Waals surface area contributed by atoms with Gasteiger partial charge in [0.25, 0.3) is 0 Å². The third-order valence-electron chi connectivity index (χ3n) is 2.44. The Hall–Kier alpha value is 0.370. The van der Waals surface area contributed by atoms with Gasteiger partial charge in [-0.25, -0.2) is 0 Å². The number of hydrogen-bond acceptors (Lipinski definition) is 3. The Kier molecular flexibility index (Phi) is 8.65. The van der Waals surface area contributed by atoms with Gasteiger partial charge in [0, 0.05) is 18.6 Å². The number of rotatable bonds is 8. The summed E-state index contributed by atoms with van der Waals surface area (Å²) in [6.07, 6.45) is 0. The van der Waals surface area contributed by atoms with Gasteiger partial charge in [0.2, 0.25) is 11.2 Å². The highest BCUT2D eigenvalue weighted by molar-refractivity contribution is 7.95. The van der Waals surface area contributed by atoms with E-state index in [1.54, 1.807) is 6.66 Å². The van der Waals surface area contributed by atoms with Crippen molar-refractivity contribution in [1.29, 1.82) is 0 Å². The molecule has 16 heavy (non-hydrogen) atoms. The zero-order chi connectivity index (χ0) is 12.7. The van der Waals surface area contributed by atoms with Crippen molar-refractivity contribution in [2.75, 3.05) is 24.7 Å². The second kappa shape index (κ2) is 8.46. The van der Waals surface area contributed by atoms with Gasteiger partial charge in [-0.1, -0.05) is 0 Å². The molecule has 0 aliphatic rings. The molecule has 0 heterocycles. The fourth-order valence-corrected chi connectivity index (χ4v) is 4.31. The van der Waals surface area contributed by atoms with E-state index in [-0.39, 0.29) is 11.2 Å². The van der Waals surface area contributed by atoms with Crippen LogP contribution in [0.25, 0.3) is 0 Å². The van der Waals surface area contributed by atoms with Crippen molar-refractivity contribution < 1.29 is 8.54 Å². The first-order chi connectivity index (χ1) is 7.38. The second-order valence-corrected chi connectivity index (χ2v) is 7.71. The molecule has 3 nitrogen and oxygen atoms in total. The van der Waals surface area contributed by atoms with Crippen molar-refractivity contribution in [2.24, 2.45) is 0 Å². The smallest absolute Gasteiger partial charge is 0.294 e. The maximum absolute atomic E-state index is 11.0. The lowest BCUT2D eigenvalue weighted by atomic mass is 10.2. The summed E-state index contributed by atoms with van der Waals surface area (Å²) in [4.78, 5) is 2.45. The molecule has 0 aromatic rings. The molecule has 2 atom stereocenters. The molecule has 0 radical (unpaired) electrons. The van der Waals surface area contributed by atoms with Gasteiger partial charge in [-0.15, -0.1) is 0 Å². The van der Waals surface area contributed by atoms with Crippen molar-refractivity contribution in [3.05, 3.63) is 0 Å². The van der Waals surface area contributed by atoms with Gasteiger partial charge in [0.1, 0.15) is 5.75 Å². The molecule has 0 saturated heterocycles. The fraction of sp³-hybridized carbons (Fsp3) is 1.00. The Bertz CT molecular complexity index is 204. The molecule has 96 valence electrons. The van der Waals surface area contributed by atoms with Crippen LogP contribution >= 0.6 is 8.03 Å². The Balaban J connectivity index is 4.11. The van der Waals surface area contributed by atoms with Crippen LogP contribution in [0.3, 0.4) is 0 Å². The summed E-state index contributed by atoms with van der Waals surface area (Å²) in [5.74, 6) is 1.95. The molecule has 0 spiro atoms. The number of hydrogen-bond donors (Lipinski definition) is 0. The molecule has 0 fully saturated rings. The Morgan fingerprint density at radius 1 is 1.25 bits per heavy atom. The van der Waals surface area contributed by atoms with Crippen molar-refractivity contribution >= 4 is 19.2 Å². The van der Waals surface area contributed by atoms with Crippen LogP contribution in [0.15, 0.2) is 0 Å². The van der Waals surface area contributed by atoms with Gasteiger partial charge in [-0.3, -0.25) is 4.90 Å². The standard InChI is InChI=1S/C11H26NO2PS/c1-7-16(14-15(6)13)9-8-12(10(2)3)11(4)5/h10-11H,7-9H2,1-6H3/q+2. The normalized spacial score (nSPS) is 14.9. The molecule has 5 heteroatoms. The summed E-state index contributed by atoms with van der Waals surface area (Å²) in [6, 6.07) is 1.11. The van der Waals surface area contributed by atoms with Crippen molar-refractivity contribution in [3.8, 4) is 0 Å². The quantitative estimate of drug-likeness (QED) is 0.500. The van der Waals surface area contributed by atoms with Crippen molar-refractivity contribution in [3.63, 3.8) is 0 Å². The van der Waals surface area contributed by atoms with Gasteiger partial charge in [0.15, 0.2) is 12.4 Å². The summed E-state index contributed by atoms with van der Waals surface area (Å²) in [7, 11) is -1.46. The molecular weight excluding hydrogens is 241 g/mol. The predicted molar refractivity (Wildman–Crippen MR) is 74.4 cm³/mol. The van der Waals surface area contributed by atoms with Crippen molar-refractivity contribution in [2.45, 2.75) is 46.7 Å². The van der Waals surface area contributed by atoms with Gasteiger partial charge in [-0.05, 0) is 39.2 Å². The summed E-state index contributed by atoms with van der Waals surface area (Å²) in [6.45, 7) is 13.6. The minimum atomic E-state index is -1.46. The highest BCUT2D eigenvalue weighted by Crippen LogP contribution is 2.22. The van der Waals surface area contributed by atoms with E-state index < -0.39 is 8.03 Å². The van der Waals surface area contributed by atoms with Crippen LogP contribution in [0.2, 0.25) is 0 Å². The Labute approximate surface area is 104 Å². The van der Waals surface area contributed by atoms with Crippen LogP contribution in [-0.4, -0.2) is 41.7 Å². The fourth-order valence-electron chi connectivity index (χ4n) is 1.70. The Morgan fingerprint density at radius 2 is 1.75 bits per heavy atom. The lowest BCUT2D eigenvalue weighted by Gasteiger charge is -2.29. The topological polar surface area (TPSA) is 29.5 Å². The summed E-state index contributed by atoms with van der Waals surface area (Å²) in [5.41, 5.74) is 0. The van der Waals surface area contributed by atoms with E-state index in [2.05, 4.69) is 39.5 Å². The molecule has 0 bridgehead atoms. The average molecular weight is 267 g/mol. The SMILES string of the molecule is CC[S+](CCN(C(C)C)C(C)C)O[P+](C)=O. The van der Waals surface area contributed by atoms with Crippen LogP contribution in [0.1, 0.15) is 34.6 Å². The maximum Gasteiger partial charge on any atom is 0.558 e. The van der Waals surface area contributed by atoms with E-state index in [4.69, 9.17) is 3.97 Å². The largest absolute Gasteiger partial charge is 0.558 e. The van der Waals surface area contributed by atoms with Gasteiger partial charge >= 0.3 is 8.03 Å². The molecule has 0 N–H and O–H groups in total. The van der Waals surface area contributed by atoms with Crippen LogP contribution in [0.5, 0.6) is 0 Å². The molecule has 0 aliphatic heterocycles. The first-order valence-electron chi connectivity index (χ1n) is 5.91. The van der Waals surface area contributed by atoms with Crippen LogP contribution in [-0.2, 0) is 19.7 Å². The lowest BCUT2D eigenvalue weighted by molar-refractivity contribution is 0.186. The van der Waals surface area contributed by atoms with Crippen molar-refractivity contribution in [1.82, 2.24) is 4.90 Å². The third kappa shape index (κ3) is 6.85. The Morgan fingerprint density at radius 3 is 2.06 bits per heavy atom. The minimum absolute atomic E-state index is 0.141. The lowest BCUT2D eigenvalue weighted by Crippen LogP contribution is -2.40. The first kappa shape index (κ1) is 16.4. The predicted octanol–water partition coefficient (Wildman–Crippen LogP) is 3.05. The molecule has 0 amide bonds.